The molecule has 0 N–H and O–H groups in total. The smallest absolute Gasteiger partial charge is 0.283 e. The normalized spacial score (nSPS) is 15.0. The van der Waals surface area contributed by atoms with Gasteiger partial charge in [0.05, 0.1) is 19.9 Å². The van der Waals surface area contributed by atoms with Gasteiger partial charge in [-0.3, -0.25) is 9.69 Å². The minimum absolute atomic E-state index is 0.175. The van der Waals surface area contributed by atoms with Gasteiger partial charge in [-0.25, -0.2) is 4.99 Å². The molecule has 0 aromatic heterocycles. The van der Waals surface area contributed by atoms with E-state index in [9.17, 15) is 4.79 Å². The molecule has 0 atom stereocenters. The monoisotopic (exact) mass is 380 g/mol. The van der Waals surface area contributed by atoms with Crippen LogP contribution >= 0.6 is 11.8 Å². The number of amidine groups is 1. The van der Waals surface area contributed by atoms with Crippen molar-refractivity contribution in [3.05, 3.63) is 72.4 Å². The molecule has 6 heteroatoms. The third-order valence-electron chi connectivity index (χ3n) is 3.89. The quantitative estimate of drug-likeness (QED) is 0.552. The highest BCUT2D eigenvalue weighted by Crippen LogP contribution is 2.31. The summed E-state index contributed by atoms with van der Waals surface area (Å²) in [6.45, 7) is 3.74. The minimum atomic E-state index is -0.175. The van der Waals surface area contributed by atoms with Crippen molar-refractivity contribution in [3.63, 3.8) is 0 Å². The Balaban J connectivity index is 1.96. The number of methoxy groups -OCH3 is 2. The van der Waals surface area contributed by atoms with Crippen molar-refractivity contribution >= 4 is 34.6 Å². The number of hydrogen-bond acceptors (Lipinski definition) is 5. The van der Waals surface area contributed by atoms with E-state index >= 15 is 0 Å². The van der Waals surface area contributed by atoms with E-state index in [4.69, 9.17) is 9.47 Å². The standard InChI is InChI=1S/C21H20N2O3S/c1-4-12-27-21-22-19(13-15-8-10-17(25-2)11-9-15)20(24)23(21)16-6-5-7-18(14-16)26-3/h4-11,13-14H,1,12H2,2-3H3. The number of carbonyl (C=O) groups is 1. The summed E-state index contributed by atoms with van der Waals surface area (Å²) in [6, 6.07) is 14.8. The summed E-state index contributed by atoms with van der Waals surface area (Å²) in [6.07, 6.45) is 3.56. The van der Waals surface area contributed by atoms with Crippen molar-refractivity contribution in [2.75, 3.05) is 24.9 Å². The predicted octanol–water partition coefficient (Wildman–Crippen LogP) is 4.37. The molecule has 5 nitrogen and oxygen atoms in total. The molecule has 3 rings (SSSR count). The van der Waals surface area contributed by atoms with Crippen LogP contribution in [0.3, 0.4) is 0 Å². The van der Waals surface area contributed by atoms with Crippen LogP contribution in [0.15, 0.2) is 71.9 Å². The van der Waals surface area contributed by atoms with Gasteiger partial charge < -0.3 is 9.47 Å². The molecule has 0 saturated carbocycles. The van der Waals surface area contributed by atoms with E-state index in [1.807, 2.05) is 48.5 Å². The van der Waals surface area contributed by atoms with Crippen LogP contribution in [0.25, 0.3) is 6.08 Å². The maximum absolute atomic E-state index is 13.0. The van der Waals surface area contributed by atoms with Gasteiger partial charge in [0.2, 0.25) is 0 Å². The zero-order valence-corrected chi connectivity index (χ0v) is 16.0. The van der Waals surface area contributed by atoms with Gasteiger partial charge in [-0.1, -0.05) is 36.0 Å². The molecular formula is C21H20N2O3S. The molecule has 0 saturated heterocycles. The number of nitrogens with zero attached hydrogens (tertiary/aromatic N) is 2. The van der Waals surface area contributed by atoms with E-state index < -0.39 is 0 Å². The lowest BCUT2D eigenvalue weighted by Gasteiger charge is -2.18. The number of thioether (sulfide) groups is 1. The Morgan fingerprint density at radius 1 is 1.11 bits per heavy atom. The van der Waals surface area contributed by atoms with Crippen LogP contribution in [0, 0.1) is 0 Å². The largest absolute Gasteiger partial charge is 0.497 e. The van der Waals surface area contributed by atoms with Gasteiger partial charge in [0, 0.05) is 11.8 Å². The summed E-state index contributed by atoms with van der Waals surface area (Å²) in [4.78, 5) is 19.2. The lowest BCUT2D eigenvalue weighted by Crippen LogP contribution is -2.30. The summed E-state index contributed by atoms with van der Waals surface area (Å²) in [5.74, 6) is 1.92. The van der Waals surface area contributed by atoms with E-state index in [-0.39, 0.29) is 5.91 Å². The van der Waals surface area contributed by atoms with Crippen molar-refractivity contribution in [2.24, 2.45) is 4.99 Å². The second-order valence-electron chi connectivity index (χ2n) is 5.64. The second-order valence-corrected chi connectivity index (χ2v) is 6.63. The molecule has 2 aromatic carbocycles. The molecule has 0 radical (unpaired) electrons. The zero-order chi connectivity index (χ0) is 19.2. The number of aliphatic imine (C=N–C) groups is 1. The molecule has 0 fully saturated rings. The Morgan fingerprint density at radius 2 is 1.85 bits per heavy atom. The number of rotatable bonds is 6. The number of carbonyl (C=O) groups excluding carboxylic acids is 1. The van der Waals surface area contributed by atoms with Gasteiger partial charge >= 0.3 is 0 Å². The van der Waals surface area contributed by atoms with Crippen LogP contribution in [0.5, 0.6) is 11.5 Å². The fourth-order valence-corrected chi connectivity index (χ4v) is 3.31. The fourth-order valence-electron chi connectivity index (χ4n) is 2.56. The summed E-state index contributed by atoms with van der Waals surface area (Å²) in [5.41, 5.74) is 1.98. The Bertz CT molecular complexity index is 904. The number of ether oxygens (including phenoxy) is 2. The molecule has 1 aliphatic heterocycles. The van der Waals surface area contributed by atoms with Crippen molar-refractivity contribution in [2.45, 2.75) is 0 Å². The van der Waals surface area contributed by atoms with Crippen molar-refractivity contribution in [1.82, 2.24) is 0 Å². The Hall–Kier alpha value is -2.99. The van der Waals surface area contributed by atoms with Crippen LogP contribution in [-0.4, -0.2) is 31.0 Å². The van der Waals surface area contributed by atoms with Crippen LogP contribution < -0.4 is 14.4 Å². The molecular weight excluding hydrogens is 360 g/mol. The van der Waals surface area contributed by atoms with Crippen molar-refractivity contribution in [1.29, 1.82) is 0 Å². The first-order valence-corrected chi connectivity index (χ1v) is 9.31. The van der Waals surface area contributed by atoms with Crippen molar-refractivity contribution in [3.8, 4) is 11.5 Å². The number of amides is 1. The molecule has 1 amide bonds. The molecule has 1 heterocycles. The minimum Gasteiger partial charge on any atom is -0.497 e. The van der Waals surface area contributed by atoms with E-state index in [0.717, 1.165) is 11.3 Å². The third kappa shape index (κ3) is 4.23. The third-order valence-corrected chi connectivity index (χ3v) is 4.83. The van der Waals surface area contributed by atoms with Crippen LogP contribution in [0.2, 0.25) is 0 Å². The molecule has 1 aliphatic rings. The maximum Gasteiger partial charge on any atom is 0.283 e. The van der Waals surface area contributed by atoms with E-state index in [1.54, 1.807) is 31.3 Å². The Labute approximate surface area is 163 Å². The van der Waals surface area contributed by atoms with E-state index in [1.165, 1.54) is 11.8 Å². The number of anilines is 1. The molecule has 0 aliphatic carbocycles. The van der Waals surface area contributed by atoms with Crippen molar-refractivity contribution < 1.29 is 14.3 Å². The average Bonchev–Trinajstić information content (AvgIpc) is 3.02. The lowest BCUT2D eigenvalue weighted by molar-refractivity contribution is -0.113. The van der Waals surface area contributed by atoms with Crippen LogP contribution in [0.1, 0.15) is 5.56 Å². The summed E-state index contributed by atoms with van der Waals surface area (Å²) < 4.78 is 10.5. The molecule has 0 spiro atoms. The summed E-state index contributed by atoms with van der Waals surface area (Å²) >= 11 is 1.46. The molecule has 2 aromatic rings. The second kappa shape index (κ2) is 8.60. The van der Waals surface area contributed by atoms with Gasteiger partial charge in [0.15, 0.2) is 5.17 Å². The summed E-state index contributed by atoms with van der Waals surface area (Å²) in [5, 5.41) is 0.618. The SMILES string of the molecule is C=CCSC1=NC(=Cc2ccc(OC)cc2)C(=O)N1c1cccc(OC)c1. The van der Waals surface area contributed by atoms with Gasteiger partial charge in [-0.15, -0.1) is 6.58 Å². The highest BCUT2D eigenvalue weighted by molar-refractivity contribution is 8.14. The lowest BCUT2D eigenvalue weighted by atomic mass is 10.2. The fraction of sp³-hybridized carbons (Fsp3) is 0.143. The first-order valence-electron chi connectivity index (χ1n) is 8.33. The maximum atomic E-state index is 13.0. The van der Waals surface area contributed by atoms with Crippen LogP contribution in [0.4, 0.5) is 5.69 Å². The summed E-state index contributed by atoms with van der Waals surface area (Å²) in [7, 11) is 3.22. The Kier molecular flexibility index (Phi) is 5.98. The van der Waals surface area contributed by atoms with Gasteiger partial charge in [0.1, 0.15) is 17.2 Å². The topological polar surface area (TPSA) is 51.1 Å². The highest BCUT2D eigenvalue weighted by atomic mass is 32.2. The van der Waals surface area contributed by atoms with Gasteiger partial charge in [0.25, 0.3) is 5.91 Å². The van der Waals surface area contributed by atoms with Gasteiger partial charge in [-0.05, 0) is 35.9 Å². The molecule has 27 heavy (non-hydrogen) atoms. The molecule has 138 valence electrons. The Morgan fingerprint density at radius 3 is 2.52 bits per heavy atom. The average molecular weight is 380 g/mol. The molecule has 0 bridgehead atoms. The van der Waals surface area contributed by atoms with E-state index in [0.29, 0.717) is 28.1 Å². The molecule has 0 unspecified atom stereocenters. The first-order chi connectivity index (χ1) is 13.2. The van der Waals surface area contributed by atoms with Gasteiger partial charge in [-0.2, -0.15) is 0 Å². The first kappa shape index (κ1) is 18.8. The zero-order valence-electron chi connectivity index (χ0n) is 15.2. The highest BCUT2D eigenvalue weighted by Gasteiger charge is 2.31. The number of hydrogen-bond donors (Lipinski definition) is 0. The predicted molar refractivity (Wildman–Crippen MR) is 112 cm³/mol. The van der Waals surface area contributed by atoms with Crippen LogP contribution in [-0.2, 0) is 4.79 Å². The number of benzene rings is 2. The van der Waals surface area contributed by atoms with E-state index in [2.05, 4.69) is 11.6 Å².